The Labute approximate surface area is 102 Å². The van der Waals surface area contributed by atoms with Gasteiger partial charge in [0.2, 0.25) is 0 Å². The van der Waals surface area contributed by atoms with Crippen molar-refractivity contribution in [2.75, 3.05) is 17.7 Å². The standard InChI is InChI=1S/C13H21N3O/c1-10-5-7-13(9-17,8-6-10)16-12-4-2-3-11(14)15-12/h2-4,10,17H,5-9H2,1H3,(H3,14,15,16). The summed E-state index contributed by atoms with van der Waals surface area (Å²) in [5, 5.41) is 13.0. The summed E-state index contributed by atoms with van der Waals surface area (Å²) in [5.74, 6) is 2.02. The van der Waals surface area contributed by atoms with Crippen molar-refractivity contribution in [1.29, 1.82) is 0 Å². The smallest absolute Gasteiger partial charge is 0.128 e. The van der Waals surface area contributed by atoms with E-state index < -0.39 is 0 Å². The molecule has 0 aliphatic heterocycles. The molecule has 1 aliphatic carbocycles. The van der Waals surface area contributed by atoms with Gasteiger partial charge in [-0.2, -0.15) is 0 Å². The van der Waals surface area contributed by atoms with Crippen LogP contribution in [0, 0.1) is 5.92 Å². The van der Waals surface area contributed by atoms with Crippen molar-refractivity contribution >= 4 is 11.6 Å². The summed E-state index contributed by atoms with van der Waals surface area (Å²) in [7, 11) is 0. The molecule has 4 N–H and O–H groups in total. The molecule has 0 spiro atoms. The molecule has 1 aromatic rings. The lowest BCUT2D eigenvalue weighted by molar-refractivity contribution is 0.155. The van der Waals surface area contributed by atoms with E-state index in [1.807, 2.05) is 12.1 Å². The zero-order valence-electron chi connectivity index (χ0n) is 10.3. The third-order valence-electron chi connectivity index (χ3n) is 3.70. The monoisotopic (exact) mass is 235 g/mol. The van der Waals surface area contributed by atoms with Crippen molar-refractivity contribution in [3.8, 4) is 0 Å². The van der Waals surface area contributed by atoms with Crippen LogP contribution in [0.15, 0.2) is 18.2 Å². The van der Waals surface area contributed by atoms with E-state index in [0.717, 1.165) is 37.4 Å². The Kier molecular flexibility index (Phi) is 3.52. The fourth-order valence-corrected chi connectivity index (χ4v) is 2.43. The van der Waals surface area contributed by atoms with Crippen molar-refractivity contribution in [2.24, 2.45) is 5.92 Å². The van der Waals surface area contributed by atoms with Gasteiger partial charge < -0.3 is 16.2 Å². The molecule has 1 fully saturated rings. The first-order valence-corrected chi connectivity index (χ1v) is 6.25. The van der Waals surface area contributed by atoms with Crippen LogP contribution in [0.2, 0.25) is 0 Å². The van der Waals surface area contributed by atoms with Gasteiger partial charge in [-0.3, -0.25) is 0 Å². The van der Waals surface area contributed by atoms with Crippen LogP contribution in [-0.2, 0) is 0 Å². The van der Waals surface area contributed by atoms with Crippen LogP contribution in [0.1, 0.15) is 32.6 Å². The highest BCUT2D eigenvalue weighted by Gasteiger charge is 2.33. The molecule has 0 atom stereocenters. The first kappa shape index (κ1) is 12.2. The molecule has 0 amide bonds. The normalized spacial score (nSPS) is 28.9. The van der Waals surface area contributed by atoms with E-state index in [0.29, 0.717) is 5.82 Å². The van der Waals surface area contributed by atoms with Gasteiger partial charge in [0.25, 0.3) is 0 Å². The molecule has 0 saturated heterocycles. The number of rotatable bonds is 3. The number of hydrogen-bond donors (Lipinski definition) is 3. The first-order valence-electron chi connectivity index (χ1n) is 6.25. The summed E-state index contributed by atoms with van der Waals surface area (Å²) >= 11 is 0. The zero-order valence-corrected chi connectivity index (χ0v) is 10.3. The Morgan fingerprint density at radius 3 is 2.76 bits per heavy atom. The molecule has 4 nitrogen and oxygen atoms in total. The number of nitrogen functional groups attached to an aromatic ring is 1. The van der Waals surface area contributed by atoms with E-state index in [4.69, 9.17) is 5.73 Å². The molecule has 1 aromatic heterocycles. The van der Waals surface area contributed by atoms with Crippen LogP contribution in [0.3, 0.4) is 0 Å². The van der Waals surface area contributed by atoms with Gasteiger partial charge in [0.15, 0.2) is 0 Å². The van der Waals surface area contributed by atoms with E-state index in [1.54, 1.807) is 6.07 Å². The maximum atomic E-state index is 9.64. The first-order chi connectivity index (χ1) is 8.13. The maximum Gasteiger partial charge on any atom is 0.128 e. The largest absolute Gasteiger partial charge is 0.394 e. The van der Waals surface area contributed by atoms with Gasteiger partial charge in [-0.25, -0.2) is 4.98 Å². The molecular weight excluding hydrogens is 214 g/mol. The Morgan fingerprint density at radius 1 is 1.47 bits per heavy atom. The second kappa shape index (κ2) is 4.92. The molecule has 0 bridgehead atoms. The Hall–Kier alpha value is -1.29. The van der Waals surface area contributed by atoms with Crippen LogP contribution >= 0.6 is 0 Å². The molecule has 4 heteroatoms. The van der Waals surface area contributed by atoms with E-state index in [9.17, 15) is 5.11 Å². The highest BCUT2D eigenvalue weighted by atomic mass is 16.3. The van der Waals surface area contributed by atoms with E-state index in [-0.39, 0.29) is 12.1 Å². The Balaban J connectivity index is 2.09. The average molecular weight is 235 g/mol. The van der Waals surface area contributed by atoms with Crippen molar-refractivity contribution in [2.45, 2.75) is 38.1 Å². The molecule has 0 aromatic carbocycles. The number of nitrogens with zero attached hydrogens (tertiary/aromatic N) is 1. The minimum Gasteiger partial charge on any atom is -0.394 e. The fraction of sp³-hybridized carbons (Fsp3) is 0.615. The number of hydrogen-bond acceptors (Lipinski definition) is 4. The summed E-state index contributed by atoms with van der Waals surface area (Å²) in [6.45, 7) is 2.41. The SMILES string of the molecule is CC1CCC(CO)(Nc2cccc(N)n2)CC1. The molecular formula is C13H21N3O. The highest BCUT2D eigenvalue weighted by molar-refractivity contribution is 5.44. The number of pyridine rings is 1. The lowest BCUT2D eigenvalue weighted by atomic mass is 9.77. The summed E-state index contributed by atoms with van der Waals surface area (Å²) < 4.78 is 0. The van der Waals surface area contributed by atoms with Crippen molar-refractivity contribution < 1.29 is 5.11 Å². The second-order valence-electron chi connectivity index (χ2n) is 5.19. The summed E-state index contributed by atoms with van der Waals surface area (Å²) in [4.78, 5) is 4.23. The topological polar surface area (TPSA) is 71.2 Å². The lowest BCUT2D eigenvalue weighted by Crippen LogP contribution is -2.45. The van der Waals surface area contributed by atoms with Gasteiger partial charge in [0.05, 0.1) is 12.1 Å². The molecule has 1 saturated carbocycles. The molecule has 1 heterocycles. The third-order valence-corrected chi connectivity index (χ3v) is 3.70. The van der Waals surface area contributed by atoms with E-state index >= 15 is 0 Å². The Bertz CT molecular complexity index is 373. The van der Waals surface area contributed by atoms with Crippen molar-refractivity contribution in [1.82, 2.24) is 4.98 Å². The molecule has 94 valence electrons. The summed E-state index contributed by atoms with van der Waals surface area (Å²) in [6.07, 6.45) is 4.27. The quantitative estimate of drug-likeness (QED) is 0.749. The molecule has 0 radical (unpaired) electrons. The van der Waals surface area contributed by atoms with E-state index in [2.05, 4.69) is 17.2 Å². The predicted molar refractivity (Wildman–Crippen MR) is 69.7 cm³/mol. The zero-order chi connectivity index (χ0) is 12.3. The van der Waals surface area contributed by atoms with Crippen LogP contribution in [0.25, 0.3) is 0 Å². The lowest BCUT2D eigenvalue weighted by Gasteiger charge is -2.39. The van der Waals surface area contributed by atoms with Crippen LogP contribution in [0.5, 0.6) is 0 Å². The number of aliphatic hydroxyl groups is 1. The van der Waals surface area contributed by atoms with Gasteiger partial charge in [-0.15, -0.1) is 0 Å². The number of nitrogens with two attached hydrogens (primary N) is 1. The number of aliphatic hydroxyl groups excluding tert-OH is 1. The van der Waals surface area contributed by atoms with Gasteiger partial charge in [-0.1, -0.05) is 13.0 Å². The van der Waals surface area contributed by atoms with E-state index in [1.165, 1.54) is 0 Å². The predicted octanol–water partition coefficient (Wildman–Crippen LogP) is 2.02. The molecule has 0 unspecified atom stereocenters. The summed E-state index contributed by atoms with van der Waals surface area (Å²) in [5.41, 5.74) is 5.44. The van der Waals surface area contributed by atoms with Crippen LogP contribution in [-0.4, -0.2) is 22.2 Å². The average Bonchev–Trinajstić information content (AvgIpc) is 2.33. The molecule has 1 aliphatic rings. The minimum atomic E-state index is -0.215. The minimum absolute atomic E-state index is 0.149. The van der Waals surface area contributed by atoms with Gasteiger partial charge in [0.1, 0.15) is 11.6 Å². The fourth-order valence-electron chi connectivity index (χ4n) is 2.43. The van der Waals surface area contributed by atoms with Gasteiger partial charge >= 0.3 is 0 Å². The van der Waals surface area contributed by atoms with Gasteiger partial charge in [-0.05, 0) is 43.7 Å². The number of anilines is 2. The van der Waals surface area contributed by atoms with Crippen molar-refractivity contribution in [3.63, 3.8) is 0 Å². The molecule has 17 heavy (non-hydrogen) atoms. The van der Waals surface area contributed by atoms with Crippen LogP contribution in [0.4, 0.5) is 11.6 Å². The Morgan fingerprint density at radius 2 is 2.18 bits per heavy atom. The number of aromatic nitrogens is 1. The second-order valence-corrected chi connectivity index (χ2v) is 5.19. The van der Waals surface area contributed by atoms with Crippen LogP contribution < -0.4 is 11.1 Å². The third kappa shape index (κ3) is 2.88. The van der Waals surface area contributed by atoms with Crippen molar-refractivity contribution in [3.05, 3.63) is 18.2 Å². The maximum absolute atomic E-state index is 9.64. The number of nitrogens with one attached hydrogen (secondary N) is 1. The highest BCUT2D eigenvalue weighted by Crippen LogP contribution is 2.34. The summed E-state index contributed by atoms with van der Waals surface area (Å²) in [6, 6.07) is 5.53. The molecule has 2 rings (SSSR count). The van der Waals surface area contributed by atoms with Gasteiger partial charge in [0, 0.05) is 0 Å².